The molecule has 1 aliphatic rings. The van der Waals surface area contributed by atoms with Crippen molar-refractivity contribution < 1.29 is 22.8 Å². The van der Waals surface area contributed by atoms with E-state index >= 15 is 0 Å². The molecule has 4 rings (SSSR count). The number of carbonyl (C=O) groups excluding carboxylic acids is 3. The van der Waals surface area contributed by atoms with Crippen molar-refractivity contribution in [2.24, 2.45) is 0 Å². The van der Waals surface area contributed by atoms with Gasteiger partial charge in [-0.25, -0.2) is 18.4 Å². The second-order valence-electron chi connectivity index (χ2n) is 10.00. The molecule has 44 heavy (non-hydrogen) atoms. The van der Waals surface area contributed by atoms with Gasteiger partial charge >= 0.3 is 11.8 Å². The zero-order chi connectivity index (χ0) is 31.5. The SMILES string of the molecule is CCN1CC(NC(=O)C(=O)NNc2ccc(NS(=O)(=O)c3cccc(NC(=O)CSCc4ccccc4)c3)cc2)CN1CC. The molecule has 0 aliphatic carbocycles. The monoisotopic (exact) mass is 639 g/mol. The zero-order valence-electron chi connectivity index (χ0n) is 24.6. The van der Waals surface area contributed by atoms with Crippen LogP contribution in [0.15, 0.2) is 83.8 Å². The number of nitrogens with one attached hydrogen (secondary N) is 5. The van der Waals surface area contributed by atoms with E-state index < -0.39 is 21.8 Å². The molecule has 3 amide bonds. The highest BCUT2D eigenvalue weighted by atomic mass is 32.2. The lowest BCUT2D eigenvalue weighted by Gasteiger charge is -2.24. The van der Waals surface area contributed by atoms with Crippen molar-refractivity contribution in [3.05, 3.63) is 84.4 Å². The molecule has 3 aromatic rings. The summed E-state index contributed by atoms with van der Waals surface area (Å²) in [7, 11) is -3.95. The highest BCUT2D eigenvalue weighted by Gasteiger charge is 2.30. The number of hydrazine groups is 2. The van der Waals surface area contributed by atoms with Gasteiger partial charge in [-0.1, -0.05) is 50.2 Å². The van der Waals surface area contributed by atoms with E-state index in [1.807, 2.05) is 44.2 Å². The Labute approximate surface area is 261 Å². The van der Waals surface area contributed by atoms with Crippen molar-refractivity contribution >= 4 is 56.6 Å². The van der Waals surface area contributed by atoms with Crippen molar-refractivity contribution in [2.45, 2.75) is 30.5 Å². The molecule has 5 N–H and O–H groups in total. The van der Waals surface area contributed by atoms with Gasteiger partial charge in [0.15, 0.2) is 0 Å². The predicted octanol–water partition coefficient (Wildman–Crippen LogP) is 2.86. The van der Waals surface area contributed by atoms with E-state index in [2.05, 4.69) is 36.2 Å². The van der Waals surface area contributed by atoms with Crippen LogP contribution in [0.1, 0.15) is 19.4 Å². The van der Waals surface area contributed by atoms with Gasteiger partial charge in [0.05, 0.1) is 22.4 Å². The number of benzene rings is 3. The van der Waals surface area contributed by atoms with Crippen molar-refractivity contribution in [3.63, 3.8) is 0 Å². The van der Waals surface area contributed by atoms with Gasteiger partial charge in [-0.3, -0.25) is 30.0 Å². The fourth-order valence-corrected chi connectivity index (χ4v) is 6.49. The molecule has 1 aliphatic heterocycles. The summed E-state index contributed by atoms with van der Waals surface area (Å²) in [5.41, 5.74) is 7.24. The fourth-order valence-electron chi connectivity index (χ4n) is 4.59. The topological polar surface area (TPSA) is 152 Å². The molecule has 0 saturated carbocycles. The highest BCUT2D eigenvalue weighted by Crippen LogP contribution is 2.21. The Bertz CT molecular complexity index is 1530. The normalized spacial score (nSPS) is 14.1. The van der Waals surface area contributed by atoms with Gasteiger partial charge in [0.2, 0.25) is 5.91 Å². The largest absolute Gasteiger partial charge is 0.342 e. The molecule has 1 heterocycles. The van der Waals surface area contributed by atoms with E-state index in [0.29, 0.717) is 30.2 Å². The lowest BCUT2D eigenvalue weighted by atomic mass is 10.2. The number of carbonyl (C=O) groups is 3. The molecule has 12 nitrogen and oxygen atoms in total. The van der Waals surface area contributed by atoms with Gasteiger partial charge in [0.25, 0.3) is 10.0 Å². The molecule has 0 unspecified atom stereocenters. The third-order valence-corrected chi connectivity index (χ3v) is 9.15. The molecule has 14 heteroatoms. The maximum atomic E-state index is 13.0. The van der Waals surface area contributed by atoms with Crippen LogP contribution in [0.3, 0.4) is 0 Å². The van der Waals surface area contributed by atoms with Crippen LogP contribution >= 0.6 is 11.8 Å². The molecule has 1 fully saturated rings. The van der Waals surface area contributed by atoms with Crippen molar-refractivity contribution in [1.29, 1.82) is 0 Å². The average molecular weight is 640 g/mol. The van der Waals surface area contributed by atoms with Gasteiger partial charge in [-0.05, 0) is 48.0 Å². The van der Waals surface area contributed by atoms with Crippen LogP contribution < -0.4 is 26.2 Å². The number of amides is 3. The molecule has 0 radical (unpaired) electrons. The average Bonchev–Trinajstić information content (AvgIpc) is 3.42. The Morgan fingerprint density at radius 1 is 0.818 bits per heavy atom. The van der Waals surface area contributed by atoms with Gasteiger partial charge in [0, 0.05) is 43.3 Å². The Kier molecular flexibility index (Phi) is 11.6. The first kappa shape index (κ1) is 32.8. The Morgan fingerprint density at radius 2 is 1.48 bits per heavy atom. The smallest absolute Gasteiger partial charge is 0.327 e. The van der Waals surface area contributed by atoms with Crippen molar-refractivity contribution in [1.82, 2.24) is 20.8 Å². The number of hydrogen-bond donors (Lipinski definition) is 5. The lowest BCUT2D eigenvalue weighted by Crippen LogP contribution is -2.47. The quantitative estimate of drug-likeness (QED) is 0.140. The number of sulfonamides is 1. The summed E-state index contributed by atoms with van der Waals surface area (Å²) in [6, 6.07) is 21.8. The van der Waals surface area contributed by atoms with Gasteiger partial charge in [-0.15, -0.1) is 11.8 Å². The second-order valence-corrected chi connectivity index (χ2v) is 12.7. The maximum absolute atomic E-state index is 13.0. The third kappa shape index (κ3) is 9.44. The summed E-state index contributed by atoms with van der Waals surface area (Å²) in [5.74, 6) is -0.893. The van der Waals surface area contributed by atoms with Crippen LogP contribution in [0.4, 0.5) is 17.1 Å². The van der Waals surface area contributed by atoms with Gasteiger partial charge < -0.3 is 10.6 Å². The lowest BCUT2D eigenvalue weighted by molar-refractivity contribution is -0.139. The number of rotatable bonds is 13. The minimum atomic E-state index is -3.95. The molecule has 0 atom stereocenters. The second kappa shape index (κ2) is 15.6. The summed E-state index contributed by atoms with van der Waals surface area (Å²) in [5, 5.41) is 9.74. The standard InChI is InChI=1S/C30H37N7O5S2/c1-3-36-18-26(19-37(36)4-2)32-29(39)30(40)34-33-23-13-15-24(16-14-23)35-44(41,42)27-12-8-11-25(17-27)31-28(38)21-43-20-22-9-6-5-7-10-22/h5-17,26,33,35H,3-4,18-21H2,1-2H3,(H,31,38)(H,32,39)(H,34,40). The Balaban J connectivity index is 1.24. The minimum absolute atomic E-state index is 0.0147. The number of thioether (sulfide) groups is 1. The van der Waals surface area contributed by atoms with Crippen LogP contribution in [0.5, 0.6) is 0 Å². The van der Waals surface area contributed by atoms with E-state index in [9.17, 15) is 22.8 Å². The first-order chi connectivity index (χ1) is 21.2. The van der Waals surface area contributed by atoms with E-state index in [0.717, 1.165) is 18.7 Å². The van der Waals surface area contributed by atoms with E-state index in [4.69, 9.17) is 0 Å². The fraction of sp³-hybridized carbons (Fsp3) is 0.300. The molecule has 0 aromatic heterocycles. The van der Waals surface area contributed by atoms with Gasteiger partial charge in [0.1, 0.15) is 0 Å². The summed E-state index contributed by atoms with van der Waals surface area (Å²) in [4.78, 5) is 37.0. The van der Waals surface area contributed by atoms with Crippen LogP contribution in [-0.2, 0) is 30.2 Å². The third-order valence-electron chi connectivity index (χ3n) is 6.76. The summed E-state index contributed by atoms with van der Waals surface area (Å²) >= 11 is 1.47. The van der Waals surface area contributed by atoms with Crippen LogP contribution in [0, 0.1) is 0 Å². The maximum Gasteiger partial charge on any atom is 0.327 e. The summed E-state index contributed by atoms with van der Waals surface area (Å²) in [6.45, 7) is 6.99. The summed E-state index contributed by atoms with van der Waals surface area (Å²) in [6.07, 6.45) is 0. The van der Waals surface area contributed by atoms with Crippen molar-refractivity contribution in [3.8, 4) is 0 Å². The summed E-state index contributed by atoms with van der Waals surface area (Å²) < 4.78 is 28.5. The zero-order valence-corrected chi connectivity index (χ0v) is 26.2. The molecule has 0 bridgehead atoms. The molecule has 234 valence electrons. The molecule has 0 spiro atoms. The first-order valence-corrected chi connectivity index (χ1v) is 16.8. The van der Waals surface area contributed by atoms with Crippen LogP contribution in [0.25, 0.3) is 0 Å². The molecular weight excluding hydrogens is 603 g/mol. The highest BCUT2D eigenvalue weighted by molar-refractivity contribution is 7.99. The molecule has 1 saturated heterocycles. The number of likely N-dealkylation sites (N-methyl/N-ethyl adjacent to an activating group) is 2. The van der Waals surface area contributed by atoms with E-state index in [-0.39, 0.29) is 28.3 Å². The van der Waals surface area contributed by atoms with Crippen LogP contribution in [-0.4, -0.2) is 74.1 Å². The van der Waals surface area contributed by atoms with Crippen molar-refractivity contribution in [2.75, 3.05) is 47.4 Å². The Hall–Kier alpha value is -4.11. The van der Waals surface area contributed by atoms with E-state index in [1.54, 1.807) is 24.3 Å². The van der Waals surface area contributed by atoms with Crippen LogP contribution in [0.2, 0.25) is 0 Å². The van der Waals surface area contributed by atoms with E-state index in [1.165, 1.54) is 36.0 Å². The Morgan fingerprint density at radius 3 is 2.14 bits per heavy atom. The molecular formula is C30H37N7O5S2. The number of nitrogens with zero attached hydrogens (tertiary/aromatic N) is 2. The van der Waals surface area contributed by atoms with Gasteiger partial charge in [-0.2, -0.15) is 0 Å². The number of anilines is 3. The number of hydrogen-bond acceptors (Lipinski definition) is 9. The minimum Gasteiger partial charge on any atom is -0.342 e. The predicted molar refractivity (Wildman–Crippen MR) is 173 cm³/mol. The molecule has 3 aromatic carbocycles. The first-order valence-electron chi connectivity index (χ1n) is 14.2.